The van der Waals surface area contributed by atoms with Crippen LogP contribution in [0.15, 0.2) is 12.1 Å². The monoisotopic (exact) mass is 390 g/mol. The number of nitrogen functional groups attached to an aromatic ring is 1. The highest BCUT2D eigenvalue weighted by molar-refractivity contribution is 5.86. The molecule has 2 N–H and O–H groups in total. The van der Waals surface area contributed by atoms with Gasteiger partial charge in [-0.05, 0) is 50.7 Å². The van der Waals surface area contributed by atoms with Crippen LogP contribution >= 0.6 is 0 Å². The first kappa shape index (κ1) is 24.5. The van der Waals surface area contributed by atoms with Crippen LogP contribution in [0.5, 0.6) is 0 Å². The van der Waals surface area contributed by atoms with Gasteiger partial charge in [-0.25, -0.2) is 0 Å². The second kappa shape index (κ2) is 13.6. The molecule has 0 saturated heterocycles. The van der Waals surface area contributed by atoms with Crippen LogP contribution in [0.4, 0.5) is 22.7 Å². The first-order valence-corrected chi connectivity index (χ1v) is 11.8. The van der Waals surface area contributed by atoms with Crippen molar-refractivity contribution in [1.82, 2.24) is 0 Å². The first-order chi connectivity index (χ1) is 13.6. The van der Waals surface area contributed by atoms with E-state index in [4.69, 9.17) is 5.73 Å². The molecule has 0 aliphatic carbocycles. The summed E-state index contributed by atoms with van der Waals surface area (Å²) in [5.41, 5.74) is 11.6. The molecule has 0 fully saturated rings. The number of hydrogen-bond donors (Lipinski definition) is 1. The van der Waals surface area contributed by atoms with Gasteiger partial charge in [-0.2, -0.15) is 0 Å². The summed E-state index contributed by atoms with van der Waals surface area (Å²) in [5, 5.41) is 0. The molecule has 0 aliphatic heterocycles. The lowest BCUT2D eigenvalue weighted by Crippen LogP contribution is -2.31. The summed E-state index contributed by atoms with van der Waals surface area (Å²) in [4.78, 5) is 7.53. The molecule has 1 rings (SSSR count). The average molecular weight is 391 g/mol. The minimum Gasteiger partial charge on any atom is -0.395 e. The number of hydrogen-bond acceptors (Lipinski definition) is 4. The standard InChI is InChI=1S/C24H46N4/c1-7-13-26(14-8-2)21-19-22(27(15-9-3)16-10-4)24(25)23(20-21)28(17-11-5)18-12-6/h19-20H,7-18,25H2,1-6H3. The summed E-state index contributed by atoms with van der Waals surface area (Å²) in [6.45, 7) is 20.0. The first-order valence-electron chi connectivity index (χ1n) is 11.8. The highest BCUT2D eigenvalue weighted by Crippen LogP contribution is 2.39. The third-order valence-electron chi connectivity index (χ3n) is 5.13. The minimum atomic E-state index is 0.959. The van der Waals surface area contributed by atoms with Crippen molar-refractivity contribution in [3.63, 3.8) is 0 Å². The van der Waals surface area contributed by atoms with Gasteiger partial charge in [-0.15, -0.1) is 0 Å². The van der Waals surface area contributed by atoms with Gasteiger partial charge in [0.25, 0.3) is 0 Å². The van der Waals surface area contributed by atoms with Crippen LogP contribution in [0.2, 0.25) is 0 Å². The lowest BCUT2D eigenvalue weighted by molar-refractivity contribution is 0.729. The van der Waals surface area contributed by atoms with Gasteiger partial charge in [0.2, 0.25) is 0 Å². The van der Waals surface area contributed by atoms with Crippen molar-refractivity contribution < 1.29 is 0 Å². The summed E-state index contributed by atoms with van der Waals surface area (Å²) in [5.74, 6) is 0. The smallest absolute Gasteiger partial charge is 0.0791 e. The second-order valence-corrected chi connectivity index (χ2v) is 7.86. The van der Waals surface area contributed by atoms with Crippen LogP contribution in [0.25, 0.3) is 0 Å². The third kappa shape index (κ3) is 6.79. The third-order valence-corrected chi connectivity index (χ3v) is 5.13. The average Bonchev–Trinajstić information content (AvgIpc) is 2.68. The van der Waals surface area contributed by atoms with Crippen molar-refractivity contribution in [1.29, 1.82) is 0 Å². The molecule has 162 valence electrons. The maximum absolute atomic E-state index is 6.82. The Morgan fingerprint density at radius 1 is 0.536 bits per heavy atom. The number of nitrogens with two attached hydrogens (primary N) is 1. The van der Waals surface area contributed by atoms with Crippen LogP contribution in [-0.4, -0.2) is 39.3 Å². The van der Waals surface area contributed by atoms with Crippen LogP contribution in [0.3, 0.4) is 0 Å². The quantitative estimate of drug-likeness (QED) is 0.364. The van der Waals surface area contributed by atoms with Gasteiger partial charge < -0.3 is 20.4 Å². The number of benzene rings is 1. The Hall–Kier alpha value is -1.58. The molecule has 0 aromatic heterocycles. The van der Waals surface area contributed by atoms with E-state index in [1.165, 1.54) is 17.1 Å². The zero-order valence-corrected chi connectivity index (χ0v) is 19.6. The molecule has 4 heteroatoms. The molecule has 1 aromatic carbocycles. The molecule has 1 aromatic rings. The van der Waals surface area contributed by atoms with Crippen LogP contribution in [0, 0.1) is 0 Å². The fourth-order valence-electron chi connectivity index (χ4n) is 4.01. The molecule has 28 heavy (non-hydrogen) atoms. The van der Waals surface area contributed by atoms with E-state index in [0.717, 1.165) is 83.5 Å². The zero-order valence-electron chi connectivity index (χ0n) is 19.6. The van der Waals surface area contributed by atoms with E-state index in [0.29, 0.717) is 0 Å². The highest BCUT2D eigenvalue weighted by atomic mass is 15.2. The van der Waals surface area contributed by atoms with Gasteiger partial charge in [0.15, 0.2) is 0 Å². The zero-order chi connectivity index (χ0) is 20.9. The molecule has 0 saturated carbocycles. The van der Waals surface area contributed by atoms with Gasteiger partial charge in [-0.3, -0.25) is 0 Å². The van der Waals surface area contributed by atoms with Crippen molar-refractivity contribution in [3.05, 3.63) is 12.1 Å². The Morgan fingerprint density at radius 2 is 0.821 bits per heavy atom. The van der Waals surface area contributed by atoms with Crippen molar-refractivity contribution in [3.8, 4) is 0 Å². The van der Waals surface area contributed by atoms with E-state index in [1.54, 1.807) is 0 Å². The molecular weight excluding hydrogens is 344 g/mol. The van der Waals surface area contributed by atoms with Gasteiger partial charge in [-0.1, -0.05) is 41.5 Å². The van der Waals surface area contributed by atoms with Crippen LogP contribution < -0.4 is 20.4 Å². The van der Waals surface area contributed by atoms with Crippen LogP contribution in [-0.2, 0) is 0 Å². The molecule has 0 aliphatic rings. The Morgan fingerprint density at radius 3 is 1.11 bits per heavy atom. The summed E-state index contributed by atoms with van der Waals surface area (Å²) in [7, 11) is 0. The topological polar surface area (TPSA) is 35.7 Å². The van der Waals surface area contributed by atoms with Gasteiger partial charge in [0, 0.05) is 45.0 Å². The van der Waals surface area contributed by atoms with Gasteiger partial charge in [0.05, 0.1) is 17.1 Å². The summed E-state index contributed by atoms with van der Waals surface area (Å²) in [6.07, 6.45) is 6.88. The Kier molecular flexibility index (Phi) is 11.9. The Balaban J connectivity index is 3.54. The summed E-state index contributed by atoms with van der Waals surface area (Å²) >= 11 is 0. The molecule has 0 unspecified atom stereocenters. The predicted molar refractivity (Wildman–Crippen MR) is 129 cm³/mol. The van der Waals surface area contributed by atoms with E-state index >= 15 is 0 Å². The normalized spacial score (nSPS) is 10.9. The van der Waals surface area contributed by atoms with Crippen molar-refractivity contribution in [2.75, 3.05) is 59.7 Å². The fourth-order valence-corrected chi connectivity index (χ4v) is 4.01. The molecule has 0 radical (unpaired) electrons. The molecular formula is C24H46N4. The van der Waals surface area contributed by atoms with Gasteiger partial charge in [0.1, 0.15) is 0 Å². The Labute approximate surface area is 175 Å². The largest absolute Gasteiger partial charge is 0.395 e. The maximum atomic E-state index is 6.82. The predicted octanol–water partition coefficient (Wildman–Crippen LogP) is 6.15. The fraction of sp³-hybridized carbons (Fsp3) is 0.750. The number of anilines is 4. The van der Waals surface area contributed by atoms with E-state index in [2.05, 4.69) is 68.4 Å². The molecule has 0 heterocycles. The van der Waals surface area contributed by atoms with Crippen LogP contribution in [0.1, 0.15) is 80.1 Å². The van der Waals surface area contributed by atoms with E-state index in [9.17, 15) is 0 Å². The van der Waals surface area contributed by atoms with Crippen molar-refractivity contribution in [2.24, 2.45) is 0 Å². The van der Waals surface area contributed by atoms with Gasteiger partial charge >= 0.3 is 0 Å². The molecule has 0 spiro atoms. The van der Waals surface area contributed by atoms with E-state index in [-0.39, 0.29) is 0 Å². The minimum absolute atomic E-state index is 0.959. The summed E-state index contributed by atoms with van der Waals surface area (Å²) in [6, 6.07) is 4.71. The number of rotatable bonds is 15. The molecule has 0 amide bonds. The van der Waals surface area contributed by atoms with E-state index in [1.807, 2.05) is 0 Å². The maximum Gasteiger partial charge on any atom is 0.0791 e. The lowest BCUT2D eigenvalue weighted by atomic mass is 10.1. The van der Waals surface area contributed by atoms with Crippen molar-refractivity contribution in [2.45, 2.75) is 80.1 Å². The highest BCUT2D eigenvalue weighted by Gasteiger charge is 2.19. The lowest BCUT2D eigenvalue weighted by Gasteiger charge is -2.33. The summed E-state index contributed by atoms with van der Waals surface area (Å²) < 4.78 is 0. The molecule has 0 atom stereocenters. The van der Waals surface area contributed by atoms with Crippen molar-refractivity contribution >= 4 is 22.7 Å². The second-order valence-electron chi connectivity index (χ2n) is 7.86. The van der Waals surface area contributed by atoms with E-state index < -0.39 is 0 Å². The number of nitrogens with zero attached hydrogens (tertiary/aromatic N) is 3. The molecule has 0 bridgehead atoms. The Bertz CT molecular complexity index is 488. The molecule has 4 nitrogen and oxygen atoms in total. The SMILES string of the molecule is CCCN(CCC)c1cc(N(CCC)CCC)c(N)c(N(CCC)CCC)c1.